The fourth-order valence-electron chi connectivity index (χ4n) is 2.26. The van der Waals surface area contributed by atoms with Gasteiger partial charge < -0.3 is 15.4 Å². The van der Waals surface area contributed by atoms with Crippen molar-refractivity contribution in [2.45, 2.75) is 13.0 Å². The number of nitrogens with one attached hydrogen (secondary N) is 2. The number of carbonyl (C=O) groups excluding carboxylic acids is 1. The SMILES string of the molecule is CNCCc1cccc(C(=O)NCc2ccccc2OC)c1. The molecule has 0 unspecified atom stereocenters. The zero-order valence-electron chi connectivity index (χ0n) is 13.1. The molecule has 0 aromatic heterocycles. The van der Waals surface area contributed by atoms with Crippen LogP contribution in [0.15, 0.2) is 48.5 Å². The average Bonchev–Trinajstić information content (AvgIpc) is 2.58. The zero-order chi connectivity index (χ0) is 15.8. The monoisotopic (exact) mass is 298 g/mol. The van der Waals surface area contributed by atoms with Gasteiger partial charge >= 0.3 is 0 Å². The number of amides is 1. The second-order valence-electron chi connectivity index (χ2n) is 5.05. The minimum absolute atomic E-state index is 0.0720. The van der Waals surface area contributed by atoms with Crippen molar-refractivity contribution >= 4 is 5.91 Å². The number of carbonyl (C=O) groups is 1. The van der Waals surface area contributed by atoms with Gasteiger partial charge in [-0.1, -0.05) is 30.3 Å². The van der Waals surface area contributed by atoms with Gasteiger partial charge in [0.2, 0.25) is 0 Å². The van der Waals surface area contributed by atoms with Crippen LogP contribution in [-0.4, -0.2) is 26.6 Å². The van der Waals surface area contributed by atoms with Crippen molar-refractivity contribution in [1.82, 2.24) is 10.6 Å². The first kappa shape index (κ1) is 16.0. The summed E-state index contributed by atoms with van der Waals surface area (Å²) in [6.45, 7) is 1.34. The van der Waals surface area contributed by atoms with E-state index in [1.54, 1.807) is 7.11 Å². The smallest absolute Gasteiger partial charge is 0.251 e. The number of likely N-dealkylation sites (N-methyl/N-ethyl adjacent to an activating group) is 1. The second kappa shape index (κ2) is 8.20. The molecule has 0 fully saturated rings. The Bertz CT molecular complexity index is 626. The molecule has 2 rings (SSSR count). The average molecular weight is 298 g/mol. The summed E-state index contributed by atoms with van der Waals surface area (Å²) in [6, 6.07) is 15.4. The maximum absolute atomic E-state index is 12.3. The summed E-state index contributed by atoms with van der Waals surface area (Å²) >= 11 is 0. The summed E-state index contributed by atoms with van der Waals surface area (Å²) in [5.74, 6) is 0.711. The van der Waals surface area contributed by atoms with Crippen LogP contribution in [0.4, 0.5) is 0 Å². The standard InChI is InChI=1S/C18H22N2O2/c1-19-11-10-14-6-5-8-15(12-14)18(21)20-13-16-7-3-4-9-17(16)22-2/h3-9,12,19H,10-11,13H2,1-2H3,(H,20,21). The summed E-state index contributed by atoms with van der Waals surface area (Å²) in [6.07, 6.45) is 0.907. The summed E-state index contributed by atoms with van der Waals surface area (Å²) < 4.78 is 5.29. The highest BCUT2D eigenvalue weighted by molar-refractivity contribution is 5.94. The second-order valence-corrected chi connectivity index (χ2v) is 5.05. The Labute approximate surface area is 131 Å². The third-order valence-corrected chi connectivity index (χ3v) is 3.48. The molecule has 22 heavy (non-hydrogen) atoms. The zero-order valence-corrected chi connectivity index (χ0v) is 13.1. The van der Waals surface area contributed by atoms with Gasteiger partial charge in [0.25, 0.3) is 5.91 Å². The van der Waals surface area contributed by atoms with E-state index in [2.05, 4.69) is 10.6 Å². The molecule has 2 N–H and O–H groups in total. The van der Waals surface area contributed by atoms with Crippen molar-refractivity contribution in [1.29, 1.82) is 0 Å². The van der Waals surface area contributed by atoms with Crippen LogP contribution in [0.3, 0.4) is 0 Å². The van der Waals surface area contributed by atoms with Crippen molar-refractivity contribution in [2.24, 2.45) is 0 Å². The Morgan fingerprint density at radius 3 is 2.73 bits per heavy atom. The number of ether oxygens (including phenoxy) is 1. The van der Waals surface area contributed by atoms with Gasteiger partial charge in [-0.15, -0.1) is 0 Å². The molecule has 0 aliphatic heterocycles. The van der Waals surface area contributed by atoms with E-state index in [9.17, 15) is 4.79 Å². The van der Waals surface area contributed by atoms with Crippen LogP contribution in [0.25, 0.3) is 0 Å². The van der Waals surface area contributed by atoms with E-state index in [-0.39, 0.29) is 5.91 Å². The van der Waals surface area contributed by atoms with Crippen molar-refractivity contribution in [3.05, 3.63) is 65.2 Å². The number of para-hydroxylation sites is 1. The van der Waals surface area contributed by atoms with Crippen molar-refractivity contribution < 1.29 is 9.53 Å². The van der Waals surface area contributed by atoms with E-state index < -0.39 is 0 Å². The molecule has 0 saturated carbocycles. The third-order valence-electron chi connectivity index (χ3n) is 3.48. The number of hydrogen-bond acceptors (Lipinski definition) is 3. The Balaban J connectivity index is 2.00. The van der Waals surface area contributed by atoms with Gasteiger partial charge in [0.05, 0.1) is 7.11 Å². The minimum atomic E-state index is -0.0720. The quantitative estimate of drug-likeness (QED) is 0.825. The van der Waals surface area contributed by atoms with E-state index in [1.807, 2.05) is 55.6 Å². The lowest BCUT2D eigenvalue weighted by molar-refractivity contribution is 0.0950. The fraction of sp³-hybridized carbons (Fsp3) is 0.278. The largest absolute Gasteiger partial charge is 0.496 e. The van der Waals surface area contributed by atoms with Crippen molar-refractivity contribution in [3.63, 3.8) is 0 Å². The van der Waals surface area contributed by atoms with E-state index in [0.29, 0.717) is 12.1 Å². The van der Waals surface area contributed by atoms with E-state index in [0.717, 1.165) is 29.8 Å². The van der Waals surface area contributed by atoms with Gasteiger partial charge in [-0.05, 0) is 43.8 Å². The topological polar surface area (TPSA) is 50.4 Å². The van der Waals surface area contributed by atoms with Gasteiger partial charge in [-0.2, -0.15) is 0 Å². The Morgan fingerprint density at radius 2 is 1.95 bits per heavy atom. The molecular weight excluding hydrogens is 276 g/mol. The lowest BCUT2D eigenvalue weighted by atomic mass is 10.1. The molecule has 116 valence electrons. The highest BCUT2D eigenvalue weighted by Crippen LogP contribution is 2.17. The fourth-order valence-corrected chi connectivity index (χ4v) is 2.26. The predicted molar refractivity (Wildman–Crippen MR) is 88.2 cm³/mol. The normalized spacial score (nSPS) is 10.3. The number of methoxy groups -OCH3 is 1. The molecule has 0 aliphatic rings. The van der Waals surface area contributed by atoms with E-state index in [4.69, 9.17) is 4.74 Å². The molecule has 0 saturated heterocycles. The molecule has 0 bridgehead atoms. The van der Waals surface area contributed by atoms with Crippen molar-refractivity contribution in [2.75, 3.05) is 20.7 Å². The summed E-state index contributed by atoms with van der Waals surface area (Å²) in [5.41, 5.74) is 2.80. The summed E-state index contributed by atoms with van der Waals surface area (Å²) in [7, 11) is 3.55. The molecule has 0 radical (unpaired) electrons. The summed E-state index contributed by atoms with van der Waals surface area (Å²) in [4.78, 5) is 12.3. The first-order chi connectivity index (χ1) is 10.7. The molecule has 2 aromatic rings. The minimum Gasteiger partial charge on any atom is -0.496 e. The van der Waals surface area contributed by atoms with Gasteiger partial charge in [-0.3, -0.25) is 4.79 Å². The molecular formula is C18H22N2O2. The van der Waals surface area contributed by atoms with E-state index >= 15 is 0 Å². The molecule has 0 aliphatic carbocycles. The molecule has 0 spiro atoms. The van der Waals surface area contributed by atoms with Crippen LogP contribution in [0.5, 0.6) is 5.75 Å². The van der Waals surface area contributed by atoms with E-state index in [1.165, 1.54) is 0 Å². The number of benzene rings is 2. The van der Waals surface area contributed by atoms with Gasteiger partial charge in [0.15, 0.2) is 0 Å². The predicted octanol–water partition coefficient (Wildman–Crippen LogP) is 2.39. The number of rotatable bonds is 7. The van der Waals surface area contributed by atoms with Gasteiger partial charge in [0, 0.05) is 17.7 Å². The van der Waals surface area contributed by atoms with Crippen LogP contribution < -0.4 is 15.4 Å². The Kier molecular flexibility index (Phi) is 5.98. The summed E-state index contributed by atoms with van der Waals surface area (Å²) in [5, 5.41) is 6.05. The Morgan fingerprint density at radius 1 is 1.14 bits per heavy atom. The molecule has 2 aromatic carbocycles. The highest BCUT2D eigenvalue weighted by Gasteiger charge is 2.08. The number of hydrogen-bond donors (Lipinski definition) is 2. The van der Waals surface area contributed by atoms with Crippen LogP contribution in [-0.2, 0) is 13.0 Å². The maximum Gasteiger partial charge on any atom is 0.251 e. The lowest BCUT2D eigenvalue weighted by Gasteiger charge is -2.10. The van der Waals surface area contributed by atoms with Crippen LogP contribution in [0.1, 0.15) is 21.5 Å². The highest BCUT2D eigenvalue weighted by atomic mass is 16.5. The Hall–Kier alpha value is -2.33. The first-order valence-corrected chi connectivity index (χ1v) is 7.38. The van der Waals surface area contributed by atoms with Crippen LogP contribution >= 0.6 is 0 Å². The third kappa shape index (κ3) is 4.33. The van der Waals surface area contributed by atoms with Gasteiger partial charge in [0.1, 0.15) is 5.75 Å². The van der Waals surface area contributed by atoms with Crippen LogP contribution in [0.2, 0.25) is 0 Å². The molecule has 0 heterocycles. The molecule has 1 amide bonds. The first-order valence-electron chi connectivity index (χ1n) is 7.38. The van der Waals surface area contributed by atoms with Gasteiger partial charge in [-0.25, -0.2) is 0 Å². The van der Waals surface area contributed by atoms with Crippen molar-refractivity contribution in [3.8, 4) is 5.75 Å². The lowest BCUT2D eigenvalue weighted by Crippen LogP contribution is -2.23. The van der Waals surface area contributed by atoms with Crippen LogP contribution in [0, 0.1) is 0 Å². The maximum atomic E-state index is 12.3. The molecule has 4 nitrogen and oxygen atoms in total. The molecule has 4 heteroatoms. The molecule has 0 atom stereocenters.